The van der Waals surface area contributed by atoms with E-state index in [-0.39, 0.29) is 11.2 Å². The molecule has 0 fully saturated rings. The van der Waals surface area contributed by atoms with Gasteiger partial charge in [-0.25, -0.2) is 0 Å². The summed E-state index contributed by atoms with van der Waals surface area (Å²) >= 11 is 1.58. The lowest BCUT2D eigenvalue weighted by molar-refractivity contribution is -0.153. The molecule has 0 aromatic rings. The zero-order valence-electron chi connectivity index (χ0n) is 13.6. The summed E-state index contributed by atoms with van der Waals surface area (Å²) in [4.78, 5) is 11.8. The molecule has 0 rings (SSSR count). The summed E-state index contributed by atoms with van der Waals surface area (Å²) in [7, 11) is 2.34. The molecule has 0 aliphatic carbocycles. The van der Waals surface area contributed by atoms with Gasteiger partial charge in [-0.15, -0.1) is 11.8 Å². The van der Waals surface area contributed by atoms with Gasteiger partial charge in [0.1, 0.15) is 5.60 Å². The van der Waals surface area contributed by atoms with Gasteiger partial charge in [-0.1, -0.05) is 0 Å². The third-order valence-electron chi connectivity index (χ3n) is 2.67. The maximum Gasteiger partial charge on any atom is 0.500 e. The number of hydrogen-bond acceptors (Lipinski definition) is 6. The third kappa shape index (κ3) is 7.63. The molecule has 0 saturated carbocycles. The average molecular weight is 325 g/mol. The molecule has 0 aromatic carbocycles. The molecule has 1 unspecified atom stereocenters. The molecular weight excluding hydrogens is 296 g/mol. The zero-order valence-corrected chi connectivity index (χ0v) is 15.5. The number of carbonyl (C=O) groups is 1. The van der Waals surface area contributed by atoms with Crippen LogP contribution in [-0.2, 0) is 22.8 Å². The fraction of sp³-hybridized carbons (Fsp3) is 0.923. The largest absolute Gasteiger partial charge is 0.500 e. The van der Waals surface area contributed by atoms with Gasteiger partial charge in [-0.05, 0) is 39.9 Å². The Morgan fingerprint density at radius 3 is 2.05 bits per heavy atom. The van der Waals surface area contributed by atoms with E-state index in [1.807, 2.05) is 27.7 Å². The normalized spacial score (nSPS) is 14.2. The minimum Gasteiger partial charge on any atom is -0.459 e. The van der Waals surface area contributed by atoms with Crippen molar-refractivity contribution in [3.63, 3.8) is 0 Å². The highest BCUT2D eigenvalue weighted by Crippen LogP contribution is 2.21. The van der Waals surface area contributed by atoms with Gasteiger partial charge >= 0.3 is 14.8 Å². The van der Waals surface area contributed by atoms with E-state index in [0.29, 0.717) is 0 Å². The van der Waals surface area contributed by atoms with Crippen molar-refractivity contribution in [1.29, 1.82) is 0 Å². The van der Waals surface area contributed by atoms with Crippen LogP contribution in [0.1, 0.15) is 34.1 Å². The molecule has 0 amide bonds. The standard InChI is InChI=1S/C13H28O5SSi/c1-11(12(14)18-13(2,3)4)19-9-8-10-20(15-5,16-6)17-7/h11H,8-10H2,1-7H3. The van der Waals surface area contributed by atoms with Crippen LogP contribution in [0.5, 0.6) is 0 Å². The second-order valence-corrected chi connectivity index (χ2v) is 9.98. The lowest BCUT2D eigenvalue weighted by Gasteiger charge is -2.24. The molecule has 0 bridgehead atoms. The molecule has 0 radical (unpaired) electrons. The fourth-order valence-corrected chi connectivity index (χ4v) is 4.38. The van der Waals surface area contributed by atoms with Crippen LogP contribution in [0.15, 0.2) is 0 Å². The van der Waals surface area contributed by atoms with Gasteiger partial charge in [-0.2, -0.15) is 0 Å². The van der Waals surface area contributed by atoms with Gasteiger partial charge in [0.2, 0.25) is 0 Å². The van der Waals surface area contributed by atoms with Crippen LogP contribution in [-0.4, -0.2) is 52.7 Å². The van der Waals surface area contributed by atoms with Crippen LogP contribution < -0.4 is 0 Å². The maximum absolute atomic E-state index is 11.8. The molecule has 20 heavy (non-hydrogen) atoms. The first-order valence-electron chi connectivity index (χ1n) is 6.69. The number of thioether (sulfide) groups is 1. The Balaban J connectivity index is 4.03. The lowest BCUT2D eigenvalue weighted by atomic mass is 10.2. The first-order chi connectivity index (χ1) is 9.19. The molecule has 0 saturated heterocycles. The fourth-order valence-electron chi connectivity index (χ4n) is 1.56. The summed E-state index contributed by atoms with van der Waals surface area (Å²) in [5.74, 6) is 0.668. The minimum atomic E-state index is -2.48. The first-order valence-corrected chi connectivity index (χ1v) is 9.67. The Morgan fingerprint density at radius 1 is 1.15 bits per heavy atom. The summed E-state index contributed by atoms with van der Waals surface area (Å²) in [6.45, 7) is 7.49. The van der Waals surface area contributed by atoms with Crippen molar-refractivity contribution >= 4 is 26.5 Å². The van der Waals surface area contributed by atoms with Crippen molar-refractivity contribution in [3.8, 4) is 0 Å². The van der Waals surface area contributed by atoms with E-state index >= 15 is 0 Å². The molecule has 5 nitrogen and oxygen atoms in total. The zero-order chi connectivity index (χ0) is 15.8. The summed E-state index contributed by atoms with van der Waals surface area (Å²) in [5, 5.41) is -0.169. The predicted molar refractivity (Wildman–Crippen MR) is 84.0 cm³/mol. The van der Waals surface area contributed by atoms with Crippen LogP contribution in [0.3, 0.4) is 0 Å². The second-order valence-electron chi connectivity index (χ2n) is 5.45. The van der Waals surface area contributed by atoms with Gasteiger partial charge in [0, 0.05) is 27.4 Å². The van der Waals surface area contributed by atoms with E-state index in [1.165, 1.54) is 0 Å². The van der Waals surface area contributed by atoms with E-state index in [4.69, 9.17) is 18.0 Å². The van der Waals surface area contributed by atoms with Crippen LogP contribution in [0.25, 0.3) is 0 Å². The minimum absolute atomic E-state index is 0.169. The number of esters is 1. The quantitative estimate of drug-likeness (QED) is 0.369. The second kappa shape index (κ2) is 9.04. The Labute approximate surface area is 128 Å². The van der Waals surface area contributed by atoms with Gasteiger partial charge in [0.15, 0.2) is 0 Å². The van der Waals surface area contributed by atoms with Gasteiger partial charge in [-0.3, -0.25) is 4.79 Å². The van der Waals surface area contributed by atoms with Crippen molar-refractivity contribution in [2.45, 2.75) is 51.0 Å². The smallest absolute Gasteiger partial charge is 0.459 e. The van der Waals surface area contributed by atoms with Crippen LogP contribution >= 0.6 is 11.8 Å². The molecule has 1 atom stereocenters. The molecule has 7 heteroatoms. The maximum atomic E-state index is 11.8. The predicted octanol–water partition coefficient (Wildman–Crippen LogP) is 2.72. The van der Waals surface area contributed by atoms with E-state index in [2.05, 4.69) is 0 Å². The number of rotatable bonds is 9. The number of carbonyl (C=O) groups excluding carboxylic acids is 1. The first kappa shape index (κ1) is 19.9. The lowest BCUT2D eigenvalue weighted by Crippen LogP contribution is -2.42. The van der Waals surface area contributed by atoms with E-state index in [9.17, 15) is 4.79 Å². The Kier molecular flexibility index (Phi) is 9.00. The molecular formula is C13H28O5SSi. The van der Waals surface area contributed by atoms with Crippen LogP contribution in [0.4, 0.5) is 0 Å². The van der Waals surface area contributed by atoms with Crippen molar-refractivity contribution in [2.24, 2.45) is 0 Å². The SMILES string of the molecule is CO[Si](CCCSC(C)C(=O)OC(C)(C)C)(OC)OC. The summed E-state index contributed by atoms with van der Waals surface area (Å²) in [6, 6.07) is 0.741. The van der Waals surface area contributed by atoms with Gasteiger partial charge < -0.3 is 18.0 Å². The third-order valence-corrected chi connectivity index (χ3v) is 6.72. The van der Waals surface area contributed by atoms with Gasteiger partial charge in [0.25, 0.3) is 0 Å². The highest BCUT2D eigenvalue weighted by Gasteiger charge is 2.36. The monoisotopic (exact) mass is 324 g/mol. The molecule has 0 heterocycles. The molecule has 120 valence electrons. The van der Waals surface area contributed by atoms with Crippen molar-refractivity contribution < 1.29 is 22.8 Å². The Hall–Kier alpha value is -0.0831. The van der Waals surface area contributed by atoms with Crippen LogP contribution in [0, 0.1) is 0 Å². The average Bonchev–Trinajstić information content (AvgIpc) is 2.37. The molecule has 0 aliphatic rings. The highest BCUT2D eigenvalue weighted by atomic mass is 32.2. The topological polar surface area (TPSA) is 54.0 Å². The van der Waals surface area contributed by atoms with E-state index in [1.54, 1.807) is 33.1 Å². The summed E-state index contributed by atoms with van der Waals surface area (Å²) in [5.41, 5.74) is -0.434. The van der Waals surface area contributed by atoms with Crippen molar-refractivity contribution in [2.75, 3.05) is 27.1 Å². The van der Waals surface area contributed by atoms with Crippen molar-refractivity contribution in [1.82, 2.24) is 0 Å². The Morgan fingerprint density at radius 2 is 1.65 bits per heavy atom. The summed E-state index contributed by atoms with van der Waals surface area (Å²) in [6.07, 6.45) is 0.875. The number of ether oxygens (including phenoxy) is 1. The van der Waals surface area contributed by atoms with Crippen LogP contribution in [0.2, 0.25) is 6.04 Å². The van der Waals surface area contributed by atoms with E-state index < -0.39 is 14.4 Å². The molecule has 0 aliphatic heterocycles. The van der Waals surface area contributed by atoms with Crippen molar-refractivity contribution in [3.05, 3.63) is 0 Å². The molecule has 0 aromatic heterocycles. The van der Waals surface area contributed by atoms with Gasteiger partial charge in [0.05, 0.1) is 5.25 Å². The number of hydrogen-bond donors (Lipinski definition) is 0. The Bertz CT molecular complexity index is 281. The molecule has 0 N–H and O–H groups in total. The summed E-state index contributed by atoms with van der Waals surface area (Å²) < 4.78 is 21.4. The van der Waals surface area contributed by atoms with E-state index in [0.717, 1.165) is 18.2 Å². The highest BCUT2D eigenvalue weighted by molar-refractivity contribution is 8.00. The molecule has 0 spiro atoms.